The summed E-state index contributed by atoms with van der Waals surface area (Å²) in [5.41, 5.74) is -0.367. The molecule has 5 atom stereocenters. The van der Waals surface area contributed by atoms with Gasteiger partial charge in [0.2, 0.25) is 0 Å². The zero-order valence-corrected chi connectivity index (χ0v) is 9.29. The number of ether oxygens (including phenoxy) is 1. The lowest BCUT2D eigenvalue weighted by atomic mass is 9.80. The Morgan fingerprint density at radius 2 is 1.53 bits per heavy atom. The molecule has 1 aliphatic heterocycles. The van der Waals surface area contributed by atoms with Gasteiger partial charge in [0.15, 0.2) is 0 Å². The standard InChI is InChI=1S/C10H20O5/c1-10(2,3)9-8(14)7(13)6(12)5(4-11)15-9/h5-9,11-14H,4H2,1-3H3/t5?,6-,7?,8-,9-/m0/s1. The molecule has 0 radical (unpaired) electrons. The van der Waals surface area contributed by atoms with Gasteiger partial charge < -0.3 is 25.2 Å². The minimum Gasteiger partial charge on any atom is -0.394 e. The van der Waals surface area contributed by atoms with Crippen molar-refractivity contribution in [1.82, 2.24) is 0 Å². The highest BCUT2D eigenvalue weighted by atomic mass is 16.5. The molecule has 0 bridgehead atoms. The third-order valence-corrected chi connectivity index (χ3v) is 2.75. The fourth-order valence-corrected chi connectivity index (χ4v) is 1.82. The summed E-state index contributed by atoms with van der Waals surface area (Å²) in [6.45, 7) is 5.21. The zero-order valence-electron chi connectivity index (χ0n) is 9.29. The summed E-state index contributed by atoms with van der Waals surface area (Å²) in [5.74, 6) is 0. The second-order valence-corrected chi connectivity index (χ2v) is 5.12. The van der Waals surface area contributed by atoms with Crippen molar-refractivity contribution in [3.63, 3.8) is 0 Å². The summed E-state index contributed by atoms with van der Waals surface area (Å²) in [6.07, 6.45) is -5.10. The lowest BCUT2D eigenvalue weighted by Crippen LogP contribution is -2.61. The van der Waals surface area contributed by atoms with Gasteiger partial charge in [-0.3, -0.25) is 0 Å². The van der Waals surface area contributed by atoms with Crippen LogP contribution in [0.25, 0.3) is 0 Å². The van der Waals surface area contributed by atoms with E-state index in [0.717, 1.165) is 0 Å². The first-order valence-electron chi connectivity index (χ1n) is 5.09. The number of hydrogen-bond donors (Lipinski definition) is 4. The van der Waals surface area contributed by atoms with Gasteiger partial charge in [0.1, 0.15) is 24.4 Å². The average molecular weight is 220 g/mol. The van der Waals surface area contributed by atoms with Crippen molar-refractivity contribution >= 4 is 0 Å². The highest BCUT2D eigenvalue weighted by Crippen LogP contribution is 2.32. The molecule has 1 saturated heterocycles. The molecule has 0 aromatic carbocycles. The first-order valence-corrected chi connectivity index (χ1v) is 5.09. The summed E-state index contributed by atoms with van der Waals surface area (Å²) < 4.78 is 5.38. The van der Waals surface area contributed by atoms with Gasteiger partial charge in [-0.15, -0.1) is 0 Å². The number of rotatable bonds is 1. The van der Waals surface area contributed by atoms with E-state index in [2.05, 4.69) is 0 Å². The first-order chi connectivity index (χ1) is 6.79. The van der Waals surface area contributed by atoms with Crippen molar-refractivity contribution < 1.29 is 25.2 Å². The monoisotopic (exact) mass is 220 g/mol. The van der Waals surface area contributed by atoms with E-state index in [1.165, 1.54) is 0 Å². The van der Waals surface area contributed by atoms with Crippen LogP contribution in [0.3, 0.4) is 0 Å². The van der Waals surface area contributed by atoms with Gasteiger partial charge in [0.25, 0.3) is 0 Å². The van der Waals surface area contributed by atoms with Crippen molar-refractivity contribution in [2.45, 2.75) is 51.3 Å². The Kier molecular flexibility index (Phi) is 3.73. The first kappa shape index (κ1) is 12.9. The van der Waals surface area contributed by atoms with Crippen molar-refractivity contribution in [3.05, 3.63) is 0 Å². The third-order valence-electron chi connectivity index (χ3n) is 2.75. The Morgan fingerprint density at radius 3 is 1.93 bits per heavy atom. The Balaban J connectivity index is 2.83. The fraction of sp³-hybridized carbons (Fsp3) is 1.00. The highest BCUT2D eigenvalue weighted by Gasteiger charge is 2.47. The molecule has 1 heterocycles. The molecule has 0 aromatic heterocycles. The normalized spacial score (nSPS) is 43.0. The Bertz CT molecular complexity index is 210. The molecule has 0 amide bonds. The summed E-state index contributed by atoms with van der Waals surface area (Å²) >= 11 is 0. The van der Waals surface area contributed by atoms with Crippen molar-refractivity contribution in [2.24, 2.45) is 5.41 Å². The molecule has 2 unspecified atom stereocenters. The second kappa shape index (κ2) is 4.35. The van der Waals surface area contributed by atoms with Gasteiger partial charge in [-0.05, 0) is 5.41 Å². The van der Waals surface area contributed by atoms with E-state index in [4.69, 9.17) is 9.84 Å². The Labute approximate surface area is 89.3 Å². The van der Waals surface area contributed by atoms with E-state index in [-0.39, 0.29) is 12.0 Å². The molecule has 0 aliphatic carbocycles. The van der Waals surface area contributed by atoms with Gasteiger partial charge in [0, 0.05) is 0 Å². The van der Waals surface area contributed by atoms with Crippen LogP contribution in [0, 0.1) is 5.41 Å². The molecule has 90 valence electrons. The molecule has 0 spiro atoms. The van der Waals surface area contributed by atoms with Crippen LogP contribution in [-0.2, 0) is 4.74 Å². The quantitative estimate of drug-likeness (QED) is 0.449. The van der Waals surface area contributed by atoms with Crippen LogP contribution in [0.1, 0.15) is 20.8 Å². The topological polar surface area (TPSA) is 90.2 Å². The van der Waals surface area contributed by atoms with Gasteiger partial charge in [-0.1, -0.05) is 20.8 Å². The summed E-state index contributed by atoms with van der Waals surface area (Å²) in [6, 6.07) is 0. The SMILES string of the molecule is CC(C)(C)[C@H]1OC(CO)[C@H](O)C(O)[C@@H]1O. The van der Waals surface area contributed by atoms with Crippen molar-refractivity contribution in [1.29, 1.82) is 0 Å². The Hall–Kier alpha value is -0.200. The lowest BCUT2D eigenvalue weighted by molar-refractivity contribution is -0.250. The molecular weight excluding hydrogens is 200 g/mol. The maximum absolute atomic E-state index is 9.74. The number of hydrogen-bond acceptors (Lipinski definition) is 5. The smallest absolute Gasteiger partial charge is 0.111 e. The minimum absolute atomic E-state index is 0.367. The third kappa shape index (κ3) is 2.49. The van der Waals surface area contributed by atoms with Crippen LogP contribution in [-0.4, -0.2) is 57.6 Å². The molecule has 1 fully saturated rings. The van der Waals surface area contributed by atoms with E-state index < -0.39 is 30.5 Å². The van der Waals surface area contributed by atoms with E-state index in [9.17, 15) is 15.3 Å². The van der Waals surface area contributed by atoms with Gasteiger partial charge in [0.05, 0.1) is 12.7 Å². The van der Waals surface area contributed by atoms with E-state index in [1.54, 1.807) is 0 Å². The van der Waals surface area contributed by atoms with Crippen LogP contribution in [0.5, 0.6) is 0 Å². The molecule has 0 aromatic rings. The largest absolute Gasteiger partial charge is 0.394 e. The lowest BCUT2D eigenvalue weighted by Gasteiger charge is -2.45. The molecule has 5 heteroatoms. The molecule has 1 rings (SSSR count). The number of aliphatic hydroxyl groups is 4. The fourth-order valence-electron chi connectivity index (χ4n) is 1.82. The highest BCUT2D eigenvalue weighted by molar-refractivity contribution is 4.96. The van der Waals surface area contributed by atoms with E-state index in [0.29, 0.717) is 0 Å². The van der Waals surface area contributed by atoms with E-state index in [1.807, 2.05) is 20.8 Å². The molecule has 0 saturated carbocycles. The summed E-state index contributed by atoms with van der Waals surface area (Å²) in [7, 11) is 0. The average Bonchev–Trinajstić information content (AvgIpc) is 2.13. The van der Waals surface area contributed by atoms with Gasteiger partial charge in [-0.2, -0.15) is 0 Å². The predicted octanol–water partition coefficient (Wildman–Crippen LogP) is -1.13. The molecule has 1 aliphatic rings. The zero-order chi connectivity index (χ0) is 11.8. The maximum atomic E-state index is 9.74. The van der Waals surface area contributed by atoms with Crippen LogP contribution >= 0.6 is 0 Å². The Morgan fingerprint density at radius 1 is 1.00 bits per heavy atom. The summed E-state index contributed by atoms with van der Waals surface area (Å²) in [5, 5.41) is 37.8. The second-order valence-electron chi connectivity index (χ2n) is 5.12. The molecule has 15 heavy (non-hydrogen) atoms. The van der Waals surface area contributed by atoms with Gasteiger partial charge >= 0.3 is 0 Å². The minimum atomic E-state index is -1.28. The van der Waals surface area contributed by atoms with Crippen molar-refractivity contribution in [3.8, 4) is 0 Å². The van der Waals surface area contributed by atoms with E-state index >= 15 is 0 Å². The molecule has 5 nitrogen and oxygen atoms in total. The van der Waals surface area contributed by atoms with Gasteiger partial charge in [-0.25, -0.2) is 0 Å². The predicted molar refractivity (Wildman–Crippen MR) is 53.2 cm³/mol. The van der Waals surface area contributed by atoms with Crippen molar-refractivity contribution in [2.75, 3.05) is 6.61 Å². The van der Waals surface area contributed by atoms with Crippen LogP contribution in [0.4, 0.5) is 0 Å². The van der Waals surface area contributed by atoms with Crippen LogP contribution in [0.2, 0.25) is 0 Å². The number of aliphatic hydroxyl groups excluding tert-OH is 4. The van der Waals surface area contributed by atoms with Crippen LogP contribution < -0.4 is 0 Å². The molecular formula is C10H20O5. The summed E-state index contributed by atoms with van der Waals surface area (Å²) in [4.78, 5) is 0. The van der Waals surface area contributed by atoms with Crippen LogP contribution in [0.15, 0.2) is 0 Å². The molecule has 4 N–H and O–H groups in total. The maximum Gasteiger partial charge on any atom is 0.111 e.